The SMILES string of the molecule is CCNC(=O)c1ccc(CN(Cc2ncc(-c3cccc(C(C)C(=O)O)c3)cc2Cl)C(=O)c2c(C)c(C)nc3ccccc23)o1. The van der Waals surface area contributed by atoms with Crippen molar-refractivity contribution in [3.8, 4) is 11.1 Å². The zero-order valence-corrected chi connectivity index (χ0v) is 26.2. The van der Waals surface area contributed by atoms with E-state index in [9.17, 15) is 19.5 Å². The van der Waals surface area contributed by atoms with Crippen LogP contribution in [0.1, 0.15) is 69.0 Å². The number of carboxylic acids is 1. The highest BCUT2D eigenvalue weighted by Gasteiger charge is 2.25. The number of aliphatic carboxylic acids is 1. The number of hydrogen-bond acceptors (Lipinski definition) is 6. The molecular weight excluding hydrogens is 592 g/mol. The minimum Gasteiger partial charge on any atom is -0.481 e. The Hall–Kier alpha value is -5.02. The lowest BCUT2D eigenvalue weighted by Crippen LogP contribution is -2.31. The van der Waals surface area contributed by atoms with E-state index in [0.29, 0.717) is 45.2 Å². The Balaban J connectivity index is 1.52. The minimum absolute atomic E-state index is 0.0559. The van der Waals surface area contributed by atoms with Gasteiger partial charge >= 0.3 is 5.97 Å². The fourth-order valence-electron chi connectivity index (χ4n) is 5.14. The summed E-state index contributed by atoms with van der Waals surface area (Å²) < 4.78 is 5.83. The van der Waals surface area contributed by atoms with Crippen molar-refractivity contribution in [1.29, 1.82) is 0 Å². The number of nitrogens with one attached hydrogen (secondary N) is 1. The molecule has 3 aromatic heterocycles. The van der Waals surface area contributed by atoms with E-state index in [2.05, 4.69) is 15.3 Å². The van der Waals surface area contributed by atoms with Crippen molar-refractivity contribution in [3.05, 3.63) is 118 Å². The van der Waals surface area contributed by atoms with E-state index in [-0.39, 0.29) is 30.7 Å². The zero-order valence-electron chi connectivity index (χ0n) is 25.4. The molecule has 2 N–H and O–H groups in total. The maximum Gasteiger partial charge on any atom is 0.310 e. The highest BCUT2D eigenvalue weighted by Crippen LogP contribution is 2.30. The van der Waals surface area contributed by atoms with Crippen LogP contribution in [0.3, 0.4) is 0 Å². The van der Waals surface area contributed by atoms with E-state index >= 15 is 0 Å². The third-order valence-corrected chi connectivity index (χ3v) is 8.13. The number of benzene rings is 2. The van der Waals surface area contributed by atoms with Gasteiger partial charge in [-0.3, -0.25) is 24.4 Å². The van der Waals surface area contributed by atoms with E-state index < -0.39 is 11.9 Å². The van der Waals surface area contributed by atoms with Gasteiger partial charge in [-0.25, -0.2) is 0 Å². The number of para-hydroxylation sites is 1. The molecule has 5 rings (SSSR count). The molecule has 0 saturated heterocycles. The largest absolute Gasteiger partial charge is 0.481 e. The fourth-order valence-corrected chi connectivity index (χ4v) is 5.36. The normalized spacial score (nSPS) is 11.8. The van der Waals surface area contributed by atoms with Gasteiger partial charge in [-0.05, 0) is 68.7 Å². The van der Waals surface area contributed by atoms with Crippen LogP contribution >= 0.6 is 11.6 Å². The van der Waals surface area contributed by atoms with Gasteiger partial charge in [-0.1, -0.05) is 54.1 Å². The Bertz CT molecular complexity index is 1920. The first-order chi connectivity index (χ1) is 21.6. The molecule has 45 heavy (non-hydrogen) atoms. The number of amides is 2. The summed E-state index contributed by atoms with van der Waals surface area (Å²) in [5, 5.41) is 13.2. The number of carbonyl (C=O) groups is 3. The highest BCUT2D eigenvalue weighted by molar-refractivity contribution is 6.31. The van der Waals surface area contributed by atoms with Gasteiger partial charge in [-0.15, -0.1) is 0 Å². The topological polar surface area (TPSA) is 126 Å². The van der Waals surface area contributed by atoms with Crippen LogP contribution in [0.15, 0.2) is 77.3 Å². The molecule has 0 fully saturated rings. The summed E-state index contributed by atoms with van der Waals surface area (Å²) in [6.07, 6.45) is 1.66. The second kappa shape index (κ2) is 13.3. The highest BCUT2D eigenvalue weighted by atomic mass is 35.5. The summed E-state index contributed by atoms with van der Waals surface area (Å²) in [6, 6.07) is 19.8. The number of carboxylic acid groups (broad SMARTS) is 1. The lowest BCUT2D eigenvalue weighted by Gasteiger charge is -2.24. The van der Waals surface area contributed by atoms with Gasteiger partial charge in [0, 0.05) is 29.4 Å². The second-order valence-electron chi connectivity index (χ2n) is 10.8. The van der Waals surface area contributed by atoms with Crippen LogP contribution in [0.2, 0.25) is 5.02 Å². The summed E-state index contributed by atoms with van der Waals surface area (Å²) in [5.74, 6) is -1.60. The van der Waals surface area contributed by atoms with Crippen molar-refractivity contribution in [1.82, 2.24) is 20.2 Å². The van der Waals surface area contributed by atoms with E-state index in [1.165, 1.54) is 0 Å². The van der Waals surface area contributed by atoms with Crippen molar-refractivity contribution in [2.75, 3.05) is 6.54 Å². The lowest BCUT2D eigenvalue weighted by molar-refractivity contribution is -0.138. The Morgan fingerprint density at radius 2 is 1.78 bits per heavy atom. The molecule has 0 saturated carbocycles. The van der Waals surface area contributed by atoms with Gasteiger partial charge in [0.25, 0.3) is 11.8 Å². The predicted molar refractivity (Wildman–Crippen MR) is 172 cm³/mol. The van der Waals surface area contributed by atoms with E-state index in [1.54, 1.807) is 48.4 Å². The molecule has 0 bridgehead atoms. The maximum atomic E-state index is 14.4. The molecule has 1 atom stereocenters. The van der Waals surface area contributed by atoms with Gasteiger partial charge in [0.1, 0.15) is 5.76 Å². The van der Waals surface area contributed by atoms with Gasteiger partial charge in [0.2, 0.25) is 0 Å². The molecule has 0 spiro atoms. The molecule has 0 aliphatic rings. The van der Waals surface area contributed by atoms with Crippen molar-refractivity contribution in [2.45, 2.75) is 46.7 Å². The van der Waals surface area contributed by atoms with Crippen LogP contribution in [-0.2, 0) is 17.9 Å². The number of nitrogens with zero attached hydrogens (tertiary/aromatic N) is 3. The van der Waals surface area contributed by atoms with Crippen LogP contribution < -0.4 is 5.32 Å². The molecule has 230 valence electrons. The summed E-state index contributed by atoms with van der Waals surface area (Å²) >= 11 is 6.78. The minimum atomic E-state index is -0.912. The fraction of sp³-hybridized carbons (Fsp3) is 0.229. The Morgan fingerprint density at radius 1 is 1.00 bits per heavy atom. The predicted octanol–water partition coefficient (Wildman–Crippen LogP) is 6.94. The number of aromatic nitrogens is 2. The number of carbonyl (C=O) groups excluding carboxylic acids is 2. The molecule has 10 heteroatoms. The number of hydrogen-bond donors (Lipinski definition) is 2. The molecule has 2 amide bonds. The monoisotopic (exact) mass is 624 g/mol. The number of aryl methyl sites for hydroxylation is 1. The third kappa shape index (κ3) is 6.73. The van der Waals surface area contributed by atoms with Crippen LogP contribution in [0.25, 0.3) is 22.0 Å². The van der Waals surface area contributed by atoms with Gasteiger partial charge in [0.15, 0.2) is 5.76 Å². The van der Waals surface area contributed by atoms with Crippen LogP contribution in [0, 0.1) is 13.8 Å². The molecule has 3 heterocycles. The molecule has 0 aliphatic carbocycles. The summed E-state index contributed by atoms with van der Waals surface area (Å²) in [7, 11) is 0. The molecule has 5 aromatic rings. The first-order valence-electron chi connectivity index (χ1n) is 14.6. The van der Waals surface area contributed by atoms with Gasteiger partial charge in [0.05, 0.1) is 40.8 Å². The molecule has 1 unspecified atom stereocenters. The average Bonchev–Trinajstić information content (AvgIpc) is 3.50. The summed E-state index contributed by atoms with van der Waals surface area (Å²) in [6.45, 7) is 7.77. The van der Waals surface area contributed by atoms with Crippen molar-refractivity contribution in [3.63, 3.8) is 0 Å². The quantitative estimate of drug-likeness (QED) is 0.172. The first-order valence-corrected chi connectivity index (χ1v) is 14.9. The third-order valence-electron chi connectivity index (χ3n) is 7.80. The van der Waals surface area contributed by atoms with Crippen LogP contribution in [-0.4, -0.2) is 44.3 Å². The Labute approximate surface area is 265 Å². The molecule has 9 nitrogen and oxygen atoms in total. The average molecular weight is 625 g/mol. The van der Waals surface area contributed by atoms with Gasteiger partial charge in [-0.2, -0.15) is 0 Å². The molecular formula is C35H33ClN4O5. The zero-order chi connectivity index (χ0) is 32.2. The number of fused-ring (bicyclic) bond motifs is 1. The number of halogens is 1. The standard InChI is InChI=1S/C35H33ClN4O5/c1-5-37-33(41)31-14-13-26(45-31)18-40(34(42)32-20(2)22(4)39-29-12-7-6-11-27(29)32)19-30-28(36)16-25(17-38-30)24-10-8-9-23(15-24)21(3)35(43)44/h6-17,21H,5,18-19H2,1-4H3,(H,37,41)(H,43,44). The van der Waals surface area contributed by atoms with Crippen molar-refractivity contribution in [2.24, 2.45) is 0 Å². The molecule has 0 aliphatic heterocycles. The lowest BCUT2D eigenvalue weighted by atomic mass is 9.97. The first kappa shape index (κ1) is 31.4. The Kier molecular flexibility index (Phi) is 9.29. The number of furan rings is 1. The smallest absolute Gasteiger partial charge is 0.310 e. The summed E-state index contributed by atoms with van der Waals surface area (Å²) in [4.78, 5) is 49.2. The Morgan fingerprint density at radius 3 is 2.51 bits per heavy atom. The summed E-state index contributed by atoms with van der Waals surface area (Å²) in [5.41, 5.74) is 5.35. The second-order valence-corrected chi connectivity index (χ2v) is 11.2. The maximum absolute atomic E-state index is 14.4. The molecule has 0 radical (unpaired) electrons. The van der Waals surface area contributed by atoms with Crippen LogP contribution in [0.5, 0.6) is 0 Å². The van der Waals surface area contributed by atoms with E-state index in [0.717, 1.165) is 22.2 Å². The van der Waals surface area contributed by atoms with Crippen LogP contribution in [0.4, 0.5) is 0 Å². The van der Waals surface area contributed by atoms with Crippen molar-refractivity contribution >= 4 is 40.3 Å². The van der Waals surface area contributed by atoms with E-state index in [1.807, 2.05) is 57.2 Å². The van der Waals surface area contributed by atoms with E-state index in [4.69, 9.17) is 16.0 Å². The van der Waals surface area contributed by atoms with Gasteiger partial charge < -0.3 is 19.7 Å². The van der Waals surface area contributed by atoms with Crippen molar-refractivity contribution < 1.29 is 23.9 Å². The number of rotatable bonds is 10. The number of pyridine rings is 2. The molecule has 2 aromatic carbocycles.